The van der Waals surface area contributed by atoms with Crippen LogP contribution in [0.15, 0.2) is 36.4 Å². The first-order valence-electron chi connectivity index (χ1n) is 14.1. The predicted octanol–water partition coefficient (Wildman–Crippen LogP) is 5.79. The normalized spacial score (nSPS) is 22.2. The second-order valence-electron chi connectivity index (χ2n) is 10.9. The van der Waals surface area contributed by atoms with E-state index in [1.807, 2.05) is 43.3 Å². The molecule has 2 bridgehead atoms. The molecule has 0 saturated carbocycles. The van der Waals surface area contributed by atoms with Gasteiger partial charge in [0.1, 0.15) is 17.2 Å². The van der Waals surface area contributed by atoms with Gasteiger partial charge in [-0.05, 0) is 94.7 Å². The smallest absolute Gasteiger partial charge is 0.254 e. The number of halogens is 1. The minimum atomic E-state index is 0. The van der Waals surface area contributed by atoms with Crippen LogP contribution in [0.5, 0.6) is 17.2 Å². The molecule has 2 aliphatic heterocycles. The Morgan fingerprint density at radius 3 is 2.16 bits per heavy atom. The number of nitrogens with zero attached hydrogens (tertiary/aromatic N) is 2. The first-order valence-corrected chi connectivity index (χ1v) is 14.1. The Balaban J connectivity index is 0.00000336. The molecule has 6 nitrogen and oxygen atoms in total. The van der Waals surface area contributed by atoms with Crippen molar-refractivity contribution in [3.8, 4) is 17.2 Å². The number of piperidine rings is 1. The second-order valence-corrected chi connectivity index (χ2v) is 10.9. The second kappa shape index (κ2) is 12.6. The summed E-state index contributed by atoms with van der Waals surface area (Å²) >= 11 is 0. The van der Waals surface area contributed by atoms with Crippen LogP contribution < -0.4 is 14.2 Å². The van der Waals surface area contributed by atoms with Gasteiger partial charge in [-0.15, -0.1) is 12.4 Å². The Labute approximate surface area is 234 Å². The highest BCUT2D eigenvalue weighted by atomic mass is 35.5. The first kappa shape index (κ1) is 28.6. The van der Waals surface area contributed by atoms with Gasteiger partial charge in [-0.25, -0.2) is 0 Å². The van der Waals surface area contributed by atoms with Gasteiger partial charge in [-0.3, -0.25) is 9.69 Å². The maximum atomic E-state index is 13.5. The van der Waals surface area contributed by atoms with Gasteiger partial charge >= 0.3 is 0 Å². The number of carbonyl (C=O) groups excluding carboxylic acids is 1. The van der Waals surface area contributed by atoms with Gasteiger partial charge in [-0.1, -0.05) is 13.0 Å². The molecule has 2 saturated heterocycles. The van der Waals surface area contributed by atoms with Gasteiger partial charge in [0.05, 0.1) is 20.8 Å². The number of ether oxygens (including phenoxy) is 3. The van der Waals surface area contributed by atoms with Crippen molar-refractivity contribution in [1.82, 2.24) is 9.80 Å². The van der Waals surface area contributed by atoms with Crippen molar-refractivity contribution in [2.45, 2.75) is 76.9 Å². The van der Waals surface area contributed by atoms with E-state index in [9.17, 15) is 4.79 Å². The molecule has 2 heterocycles. The first-order chi connectivity index (χ1) is 18.1. The molecule has 5 rings (SSSR count). The van der Waals surface area contributed by atoms with Crippen molar-refractivity contribution >= 4 is 18.3 Å². The summed E-state index contributed by atoms with van der Waals surface area (Å²) in [4.78, 5) is 18.5. The largest absolute Gasteiger partial charge is 0.496 e. The highest BCUT2D eigenvalue weighted by Gasteiger charge is 2.44. The summed E-state index contributed by atoms with van der Waals surface area (Å²) in [5, 5.41) is 0. The fraction of sp³-hybridized carbons (Fsp3) is 0.581. The van der Waals surface area contributed by atoms with E-state index in [1.54, 1.807) is 14.2 Å². The van der Waals surface area contributed by atoms with Crippen LogP contribution in [0.4, 0.5) is 0 Å². The van der Waals surface area contributed by atoms with Crippen LogP contribution in [0.25, 0.3) is 0 Å². The van der Waals surface area contributed by atoms with Crippen LogP contribution in [-0.2, 0) is 12.8 Å². The summed E-state index contributed by atoms with van der Waals surface area (Å²) in [5.41, 5.74) is 3.37. The van der Waals surface area contributed by atoms with Crippen LogP contribution in [0.1, 0.15) is 67.4 Å². The molecule has 2 fully saturated rings. The maximum absolute atomic E-state index is 13.5. The zero-order valence-electron chi connectivity index (χ0n) is 23.3. The Bertz CT molecular complexity index is 1060. The van der Waals surface area contributed by atoms with E-state index in [-0.39, 0.29) is 18.3 Å². The van der Waals surface area contributed by atoms with E-state index in [4.69, 9.17) is 14.2 Å². The molecule has 0 spiro atoms. The third kappa shape index (κ3) is 5.62. The molecule has 2 aromatic rings. The predicted molar refractivity (Wildman–Crippen MR) is 153 cm³/mol. The van der Waals surface area contributed by atoms with E-state index in [1.165, 1.54) is 11.1 Å². The summed E-state index contributed by atoms with van der Waals surface area (Å²) in [6.07, 6.45) is 7.59. The van der Waals surface area contributed by atoms with Gasteiger partial charge in [0.25, 0.3) is 5.91 Å². The standard InChI is InChI=1S/C31H42N2O4.ClH/c1-5-14-32(25-18-27-28(19-25)30(36-4)13-12-29(27)35-3)20-21-15-23-10-11-24(16-21)33(23)31(34)22-8-7-9-26(17-22)37-6-2;/h7-9,12-13,17,21,23-25H,5-6,10-11,14-16,18-20H2,1-4H3;1H/t21-,23-,24+;. The van der Waals surface area contributed by atoms with Crippen molar-refractivity contribution in [1.29, 1.82) is 0 Å². The topological polar surface area (TPSA) is 51.2 Å². The third-order valence-corrected chi connectivity index (χ3v) is 8.64. The third-order valence-electron chi connectivity index (χ3n) is 8.64. The monoisotopic (exact) mass is 542 g/mol. The van der Waals surface area contributed by atoms with Gasteiger partial charge in [0.2, 0.25) is 0 Å². The van der Waals surface area contributed by atoms with Crippen LogP contribution in [0, 0.1) is 5.92 Å². The summed E-state index contributed by atoms with van der Waals surface area (Å²) < 4.78 is 17.1. The molecule has 38 heavy (non-hydrogen) atoms. The van der Waals surface area contributed by atoms with Crippen molar-refractivity contribution in [3.05, 3.63) is 53.1 Å². The summed E-state index contributed by atoms with van der Waals surface area (Å²) in [6, 6.07) is 12.9. The van der Waals surface area contributed by atoms with Crippen molar-refractivity contribution in [2.24, 2.45) is 5.92 Å². The summed E-state index contributed by atoms with van der Waals surface area (Å²) in [7, 11) is 3.52. The van der Waals surface area contributed by atoms with Crippen LogP contribution >= 0.6 is 12.4 Å². The quantitative estimate of drug-likeness (QED) is 0.380. The number of methoxy groups -OCH3 is 2. The lowest BCUT2D eigenvalue weighted by atomic mass is 9.89. The van der Waals surface area contributed by atoms with Gasteiger partial charge in [-0.2, -0.15) is 0 Å². The molecular weight excluding hydrogens is 500 g/mol. The number of hydrogen-bond donors (Lipinski definition) is 0. The molecule has 0 unspecified atom stereocenters. The molecule has 208 valence electrons. The van der Waals surface area contributed by atoms with Crippen molar-refractivity contribution in [3.63, 3.8) is 0 Å². The van der Waals surface area contributed by atoms with Gasteiger partial charge < -0.3 is 19.1 Å². The molecule has 1 amide bonds. The van der Waals surface area contributed by atoms with E-state index < -0.39 is 0 Å². The highest BCUT2D eigenvalue weighted by Crippen LogP contribution is 2.42. The molecule has 3 atom stereocenters. The lowest BCUT2D eigenvalue weighted by Gasteiger charge is -2.41. The number of hydrogen-bond acceptors (Lipinski definition) is 5. The summed E-state index contributed by atoms with van der Waals surface area (Å²) in [5.74, 6) is 3.52. The van der Waals surface area contributed by atoms with E-state index in [0.717, 1.165) is 80.8 Å². The average molecular weight is 543 g/mol. The molecule has 0 radical (unpaired) electrons. The fourth-order valence-corrected chi connectivity index (χ4v) is 7.13. The number of rotatable bonds is 10. The number of carbonyl (C=O) groups is 1. The Hall–Kier alpha value is -2.44. The average Bonchev–Trinajstić information content (AvgIpc) is 3.47. The Morgan fingerprint density at radius 2 is 1.61 bits per heavy atom. The Kier molecular flexibility index (Phi) is 9.48. The highest BCUT2D eigenvalue weighted by molar-refractivity contribution is 5.95. The molecule has 3 aliphatic rings. The maximum Gasteiger partial charge on any atom is 0.254 e. The molecular formula is C31H43ClN2O4. The molecule has 0 aromatic heterocycles. The fourth-order valence-electron chi connectivity index (χ4n) is 7.13. The number of benzene rings is 2. The van der Waals surface area contributed by atoms with E-state index in [0.29, 0.717) is 30.7 Å². The lowest BCUT2D eigenvalue weighted by Crippen LogP contribution is -2.49. The van der Waals surface area contributed by atoms with Crippen molar-refractivity contribution < 1.29 is 19.0 Å². The molecule has 0 N–H and O–H groups in total. The van der Waals surface area contributed by atoms with E-state index in [2.05, 4.69) is 16.7 Å². The molecule has 7 heteroatoms. The van der Waals surface area contributed by atoms with Crippen LogP contribution in [0.2, 0.25) is 0 Å². The van der Waals surface area contributed by atoms with Crippen LogP contribution in [0.3, 0.4) is 0 Å². The zero-order chi connectivity index (χ0) is 25.9. The van der Waals surface area contributed by atoms with Gasteiger partial charge in [0, 0.05) is 41.4 Å². The minimum absolute atomic E-state index is 0. The van der Waals surface area contributed by atoms with Crippen molar-refractivity contribution in [2.75, 3.05) is 33.9 Å². The van der Waals surface area contributed by atoms with Gasteiger partial charge in [0.15, 0.2) is 0 Å². The van der Waals surface area contributed by atoms with Crippen LogP contribution in [-0.4, -0.2) is 67.7 Å². The number of amides is 1. The van der Waals surface area contributed by atoms with E-state index >= 15 is 0 Å². The summed E-state index contributed by atoms with van der Waals surface area (Å²) in [6.45, 7) is 7.05. The number of fused-ring (bicyclic) bond motifs is 3. The zero-order valence-corrected chi connectivity index (χ0v) is 24.1. The molecule has 2 aromatic carbocycles. The lowest BCUT2D eigenvalue weighted by molar-refractivity contribution is 0.0455. The Morgan fingerprint density at radius 1 is 0.974 bits per heavy atom. The minimum Gasteiger partial charge on any atom is -0.496 e. The molecule has 1 aliphatic carbocycles. The SMILES string of the molecule is CCCN(C[C@@H]1C[C@H]2CC[C@@H](C1)N2C(=O)c1cccc(OCC)c1)C1Cc2c(OC)ccc(OC)c2C1.Cl.